The lowest BCUT2D eigenvalue weighted by Crippen LogP contribution is -2.47. The third-order valence-corrected chi connectivity index (χ3v) is 3.85. The summed E-state index contributed by atoms with van der Waals surface area (Å²) in [6, 6.07) is 11.6. The molecule has 142 valence electrons. The Hall–Kier alpha value is -3.42. The number of hydrogen-bond donors (Lipinski definition) is 2. The van der Waals surface area contributed by atoms with E-state index in [0.717, 1.165) is 0 Å². The Morgan fingerprint density at radius 1 is 0.963 bits per heavy atom. The van der Waals surface area contributed by atoms with Crippen LogP contribution in [0.2, 0.25) is 0 Å². The number of carbonyl (C=O) groups excluding carboxylic acids is 2. The average molecular weight is 372 g/mol. The van der Waals surface area contributed by atoms with Crippen molar-refractivity contribution in [1.82, 2.24) is 10.9 Å². The maximum atomic E-state index is 12.2. The van der Waals surface area contributed by atoms with Crippen molar-refractivity contribution in [3.05, 3.63) is 48.0 Å². The third-order valence-electron chi connectivity index (χ3n) is 3.85. The molecule has 1 aliphatic rings. The fraction of sp³-hybridized carbons (Fsp3) is 0.263. The predicted molar refractivity (Wildman–Crippen MR) is 96.1 cm³/mol. The quantitative estimate of drug-likeness (QED) is 0.776. The normalized spacial score (nSPS) is 13.3. The van der Waals surface area contributed by atoms with E-state index in [1.165, 1.54) is 0 Å². The molecule has 0 aromatic heterocycles. The monoisotopic (exact) mass is 372 g/mol. The van der Waals surface area contributed by atoms with E-state index < -0.39 is 17.9 Å². The van der Waals surface area contributed by atoms with Gasteiger partial charge in [0.05, 0.1) is 7.11 Å². The van der Waals surface area contributed by atoms with Crippen molar-refractivity contribution in [2.75, 3.05) is 20.3 Å². The van der Waals surface area contributed by atoms with Crippen molar-refractivity contribution in [2.24, 2.45) is 0 Å². The molecule has 1 atom stereocenters. The maximum absolute atomic E-state index is 12.2. The molecule has 0 saturated heterocycles. The first kappa shape index (κ1) is 18.4. The largest absolute Gasteiger partial charge is 0.497 e. The van der Waals surface area contributed by atoms with Crippen LogP contribution in [0.3, 0.4) is 0 Å². The molecule has 2 aromatic rings. The van der Waals surface area contributed by atoms with Crippen molar-refractivity contribution >= 4 is 11.8 Å². The summed E-state index contributed by atoms with van der Waals surface area (Å²) < 4.78 is 21.4. The van der Waals surface area contributed by atoms with Crippen LogP contribution in [0.1, 0.15) is 17.3 Å². The molecule has 8 heteroatoms. The topological polar surface area (TPSA) is 95.1 Å². The molecule has 0 aliphatic carbocycles. The smallest absolute Gasteiger partial charge is 0.279 e. The highest BCUT2D eigenvalue weighted by molar-refractivity contribution is 5.96. The van der Waals surface area contributed by atoms with Crippen LogP contribution >= 0.6 is 0 Å². The van der Waals surface area contributed by atoms with Gasteiger partial charge >= 0.3 is 0 Å². The number of fused-ring (bicyclic) bond motifs is 1. The number of benzene rings is 2. The van der Waals surface area contributed by atoms with E-state index in [0.29, 0.717) is 41.8 Å². The lowest BCUT2D eigenvalue weighted by Gasteiger charge is -2.19. The summed E-state index contributed by atoms with van der Waals surface area (Å²) in [6.45, 7) is 2.48. The van der Waals surface area contributed by atoms with Crippen LogP contribution in [-0.2, 0) is 4.79 Å². The molecule has 27 heavy (non-hydrogen) atoms. The highest BCUT2D eigenvalue weighted by atomic mass is 16.6. The van der Waals surface area contributed by atoms with E-state index in [1.54, 1.807) is 56.5 Å². The molecular weight excluding hydrogens is 352 g/mol. The van der Waals surface area contributed by atoms with Crippen molar-refractivity contribution in [1.29, 1.82) is 0 Å². The van der Waals surface area contributed by atoms with Gasteiger partial charge in [-0.1, -0.05) is 0 Å². The van der Waals surface area contributed by atoms with E-state index in [2.05, 4.69) is 10.9 Å². The third kappa shape index (κ3) is 4.60. The second kappa shape index (κ2) is 8.31. The van der Waals surface area contributed by atoms with Gasteiger partial charge in [-0.25, -0.2) is 0 Å². The van der Waals surface area contributed by atoms with E-state index in [-0.39, 0.29) is 0 Å². The van der Waals surface area contributed by atoms with Crippen molar-refractivity contribution < 1.29 is 28.5 Å². The van der Waals surface area contributed by atoms with Gasteiger partial charge in [0, 0.05) is 5.56 Å². The summed E-state index contributed by atoms with van der Waals surface area (Å²) in [4.78, 5) is 24.3. The standard InChI is InChI=1S/C19H20N2O6/c1-12(27-15-6-4-14(24-2)5-7-15)18(22)20-21-19(23)13-3-8-16-17(11-13)26-10-9-25-16/h3-8,11-12H,9-10H2,1-2H3,(H,20,22)(H,21,23). The van der Waals surface area contributed by atoms with Crippen LogP contribution in [0.15, 0.2) is 42.5 Å². The number of rotatable bonds is 5. The van der Waals surface area contributed by atoms with Crippen LogP contribution in [0.4, 0.5) is 0 Å². The Morgan fingerprint density at radius 3 is 2.33 bits per heavy atom. The summed E-state index contributed by atoms with van der Waals surface area (Å²) in [5, 5.41) is 0. The molecule has 0 spiro atoms. The molecule has 2 N–H and O–H groups in total. The van der Waals surface area contributed by atoms with Crippen molar-refractivity contribution in [3.8, 4) is 23.0 Å². The van der Waals surface area contributed by atoms with Crippen LogP contribution in [0.25, 0.3) is 0 Å². The summed E-state index contributed by atoms with van der Waals surface area (Å²) in [5.74, 6) is 1.32. The molecule has 0 saturated carbocycles. The van der Waals surface area contributed by atoms with Gasteiger partial charge in [0.2, 0.25) is 0 Å². The number of methoxy groups -OCH3 is 1. The maximum Gasteiger partial charge on any atom is 0.279 e. The SMILES string of the molecule is COc1ccc(OC(C)C(=O)NNC(=O)c2ccc3c(c2)OCCO3)cc1. The van der Waals surface area contributed by atoms with Gasteiger partial charge in [0.1, 0.15) is 24.7 Å². The first-order chi connectivity index (χ1) is 13.1. The van der Waals surface area contributed by atoms with Crippen molar-refractivity contribution in [2.45, 2.75) is 13.0 Å². The van der Waals surface area contributed by atoms with E-state index in [4.69, 9.17) is 18.9 Å². The van der Waals surface area contributed by atoms with E-state index >= 15 is 0 Å². The number of ether oxygens (including phenoxy) is 4. The molecule has 1 aliphatic heterocycles. The van der Waals surface area contributed by atoms with Crippen molar-refractivity contribution in [3.63, 3.8) is 0 Å². The molecule has 0 bridgehead atoms. The Balaban J connectivity index is 1.52. The predicted octanol–water partition coefficient (Wildman–Crippen LogP) is 1.69. The summed E-state index contributed by atoms with van der Waals surface area (Å²) in [7, 11) is 1.57. The van der Waals surface area contributed by atoms with Crippen LogP contribution < -0.4 is 29.8 Å². The number of carbonyl (C=O) groups is 2. The minimum Gasteiger partial charge on any atom is -0.497 e. The Kier molecular flexibility index (Phi) is 5.65. The number of nitrogens with one attached hydrogen (secondary N) is 2. The summed E-state index contributed by atoms with van der Waals surface area (Å²) in [6.07, 6.45) is -0.807. The Labute approximate surface area is 156 Å². The molecule has 0 radical (unpaired) electrons. The van der Waals surface area contributed by atoms with Gasteiger partial charge in [-0.2, -0.15) is 0 Å². The minimum atomic E-state index is -0.807. The molecule has 1 unspecified atom stereocenters. The van der Waals surface area contributed by atoms with E-state index in [1.807, 2.05) is 0 Å². The van der Waals surface area contributed by atoms with Gasteiger partial charge in [-0.3, -0.25) is 20.4 Å². The number of hydrazine groups is 1. The summed E-state index contributed by atoms with van der Waals surface area (Å²) in [5.41, 5.74) is 5.04. The van der Waals surface area contributed by atoms with Crippen LogP contribution in [0, 0.1) is 0 Å². The minimum absolute atomic E-state index is 0.336. The number of amides is 2. The second-order valence-electron chi connectivity index (χ2n) is 5.74. The van der Waals surface area contributed by atoms with Gasteiger partial charge in [0.15, 0.2) is 17.6 Å². The van der Waals surface area contributed by atoms with Gasteiger partial charge in [-0.15, -0.1) is 0 Å². The lowest BCUT2D eigenvalue weighted by molar-refractivity contribution is -0.128. The molecule has 3 rings (SSSR count). The Bertz CT molecular complexity index is 821. The molecule has 0 fully saturated rings. The highest BCUT2D eigenvalue weighted by Crippen LogP contribution is 2.30. The van der Waals surface area contributed by atoms with E-state index in [9.17, 15) is 9.59 Å². The average Bonchev–Trinajstić information content (AvgIpc) is 2.71. The second-order valence-corrected chi connectivity index (χ2v) is 5.74. The molecular formula is C19H20N2O6. The van der Waals surface area contributed by atoms with Gasteiger partial charge in [-0.05, 0) is 49.4 Å². The van der Waals surface area contributed by atoms with Crippen LogP contribution in [-0.4, -0.2) is 38.2 Å². The zero-order valence-corrected chi connectivity index (χ0v) is 15.0. The zero-order valence-electron chi connectivity index (χ0n) is 15.0. The lowest BCUT2D eigenvalue weighted by atomic mass is 10.2. The fourth-order valence-corrected chi connectivity index (χ4v) is 2.39. The highest BCUT2D eigenvalue weighted by Gasteiger charge is 2.18. The zero-order chi connectivity index (χ0) is 19.2. The first-order valence-corrected chi connectivity index (χ1v) is 8.37. The molecule has 2 amide bonds. The van der Waals surface area contributed by atoms with Gasteiger partial charge in [0.25, 0.3) is 11.8 Å². The van der Waals surface area contributed by atoms with Crippen LogP contribution in [0.5, 0.6) is 23.0 Å². The molecule has 8 nitrogen and oxygen atoms in total. The first-order valence-electron chi connectivity index (χ1n) is 8.37. The molecule has 2 aromatic carbocycles. The number of hydrogen-bond acceptors (Lipinski definition) is 6. The fourth-order valence-electron chi connectivity index (χ4n) is 2.39. The Morgan fingerprint density at radius 2 is 1.63 bits per heavy atom. The van der Waals surface area contributed by atoms with Gasteiger partial charge < -0.3 is 18.9 Å². The molecule has 1 heterocycles. The summed E-state index contributed by atoms with van der Waals surface area (Å²) >= 11 is 0.